The van der Waals surface area contributed by atoms with Gasteiger partial charge in [0.1, 0.15) is 5.82 Å². The Morgan fingerprint density at radius 3 is 2.93 bits per heavy atom. The summed E-state index contributed by atoms with van der Waals surface area (Å²) in [4.78, 5) is 26.9. The lowest BCUT2D eigenvalue weighted by Crippen LogP contribution is -2.46. The fourth-order valence-electron chi connectivity index (χ4n) is 3.72. The third-order valence-electron chi connectivity index (χ3n) is 5.28. The van der Waals surface area contributed by atoms with Gasteiger partial charge in [-0.15, -0.1) is 0 Å². The highest BCUT2D eigenvalue weighted by molar-refractivity contribution is 6.30. The number of hydrogen-bond donors (Lipinski definition) is 2. The number of carbonyl (C=O) groups is 2. The smallest absolute Gasteiger partial charge is 0.266 e. The maximum absolute atomic E-state index is 13.4. The Bertz CT molecular complexity index is 1080. The Kier molecular flexibility index (Phi) is 5.10. The number of hydrogen-bond acceptors (Lipinski definition) is 4. The van der Waals surface area contributed by atoms with Crippen molar-refractivity contribution in [2.45, 2.75) is 31.3 Å². The average Bonchev–Trinajstić information content (AvgIpc) is 3.26. The fraction of sp³-hybridized carbons (Fsp3) is 0.286. The molecule has 0 saturated carbocycles. The van der Waals surface area contributed by atoms with Crippen LogP contribution < -0.4 is 4.90 Å². The van der Waals surface area contributed by atoms with Crippen molar-refractivity contribution in [3.63, 3.8) is 0 Å². The summed E-state index contributed by atoms with van der Waals surface area (Å²) in [6.07, 6.45) is 2.52. The first-order valence-electron chi connectivity index (χ1n) is 9.32. The van der Waals surface area contributed by atoms with Gasteiger partial charge in [0, 0.05) is 35.5 Å². The zero-order valence-electron chi connectivity index (χ0n) is 15.5. The van der Waals surface area contributed by atoms with Crippen LogP contribution in [0.15, 0.2) is 42.6 Å². The molecule has 29 heavy (non-hydrogen) atoms. The zero-order chi connectivity index (χ0) is 20.6. The van der Waals surface area contributed by atoms with Gasteiger partial charge in [-0.2, -0.15) is 5.10 Å². The van der Waals surface area contributed by atoms with E-state index in [1.807, 2.05) is 0 Å². The number of benzene rings is 2. The van der Waals surface area contributed by atoms with Crippen molar-refractivity contribution in [2.75, 3.05) is 11.4 Å². The number of aromatic nitrogens is 2. The summed E-state index contributed by atoms with van der Waals surface area (Å²) in [7, 11) is 0. The number of aryl methyl sites for hydroxylation is 1. The number of Topliss-reactive ketones (excluding diaryl/α,β-unsaturated/α-hetero) is 1. The molecule has 0 radical (unpaired) electrons. The van der Waals surface area contributed by atoms with E-state index in [0.717, 1.165) is 10.9 Å². The van der Waals surface area contributed by atoms with Crippen molar-refractivity contribution in [3.8, 4) is 0 Å². The molecule has 1 aliphatic rings. The molecule has 8 heteroatoms. The minimum atomic E-state index is -2.02. The van der Waals surface area contributed by atoms with Crippen LogP contribution >= 0.6 is 11.6 Å². The second-order valence-corrected chi connectivity index (χ2v) is 7.70. The first-order chi connectivity index (χ1) is 13.9. The predicted molar refractivity (Wildman–Crippen MR) is 107 cm³/mol. The van der Waals surface area contributed by atoms with Crippen LogP contribution in [-0.4, -0.2) is 39.1 Å². The maximum atomic E-state index is 13.4. The average molecular weight is 416 g/mol. The summed E-state index contributed by atoms with van der Waals surface area (Å²) in [5.74, 6) is -1.57. The van der Waals surface area contributed by atoms with E-state index in [4.69, 9.17) is 11.6 Å². The molecule has 0 aliphatic carbocycles. The maximum Gasteiger partial charge on any atom is 0.266 e. The number of nitrogens with one attached hydrogen (secondary N) is 1. The summed E-state index contributed by atoms with van der Waals surface area (Å²) < 4.78 is 13.4. The molecule has 1 atom stereocenters. The second-order valence-electron chi connectivity index (χ2n) is 7.26. The van der Waals surface area contributed by atoms with Gasteiger partial charge in [-0.1, -0.05) is 11.6 Å². The molecule has 0 spiro atoms. The number of nitrogens with zero attached hydrogens (tertiary/aromatic N) is 2. The number of anilines is 1. The third-order valence-corrected chi connectivity index (χ3v) is 5.50. The number of aromatic amines is 1. The van der Waals surface area contributed by atoms with Crippen LogP contribution in [0.25, 0.3) is 10.9 Å². The van der Waals surface area contributed by atoms with E-state index >= 15 is 0 Å². The van der Waals surface area contributed by atoms with Gasteiger partial charge in [-0.25, -0.2) is 4.39 Å². The number of halogens is 2. The molecule has 2 heterocycles. The molecule has 4 rings (SSSR count). The second kappa shape index (κ2) is 7.57. The summed E-state index contributed by atoms with van der Waals surface area (Å²) in [5, 5.41) is 18.7. The van der Waals surface area contributed by atoms with Crippen molar-refractivity contribution >= 4 is 39.9 Å². The SMILES string of the molecule is O=C(CCCc1cc(F)cc(Cl)c1)[C@]1(O)CCN(c2ccc3[nH]ncc3c2)C1=O. The van der Waals surface area contributed by atoms with Gasteiger partial charge in [0.25, 0.3) is 5.91 Å². The molecule has 2 N–H and O–H groups in total. The molecule has 1 saturated heterocycles. The number of amides is 1. The van der Waals surface area contributed by atoms with Crippen LogP contribution in [-0.2, 0) is 16.0 Å². The molecule has 0 bridgehead atoms. The molecule has 1 fully saturated rings. The molecule has 1 amide bonds. The van der Waals surface area contributed by atoms with Crippen LogP contribution in [0, 0.1) is 5.82 Å². The summed E-state index contributed by atoms with van der Waals surface area (Å²) >= 11 is 5.84. The Labute approximate surface area is 171 Å². The lowest BCUT2D eigenvalue weighted by molar-refractivity contribution is -0.147. The van der Waals surface area contributed by atoms with Crippen molar-refractivity contribution < 1.29 is 19.1 Å². The van der Waals surface area contributed by atoms with Crippen molar-refractivity contribution in [1.29, 1.82) is 0 Å². The Morgan fingerprint density at radius 2 is 2.14 bits per heavy atom. The Balaban J connectivity index is 1.42. The van der Waals surface area contributed by atoms with Crippen LogP contribution in [0.2, 0.25) is 5.02 Å². The van der Waals surface area contributed by atoms with Gasteiger partial charge in [0.05, 0.1) is 11.7 Å². The van der Waals surface area contributed by atoms with E-state index in [9.17, 15) is 19.1 Å². The quantitative estimate of drug-likeness (QED) is 0.604. The monoisotopic (exact) mass is 415 g/mol. The summed E-state index contributed by atoms with van der Waals surface area (Å²) in [6, 6.07) is 9.56. The van der Waals surface area contributed by atoms with Crippen molar-refractivity contribution in [3.05, 3.63) is 59.0 Å². The lowest BCUT2D eigenvalue weighted by Gasteiger charge is -2.21. The van der Waals surface area contributed by atoms with E-state index in [2.05, 4.69) is 10.2 Å². The van der Waals surface area contributed by atoms with Gasteiger partial charge in [0.2, 0.25) is 5.60 Å². The van der Waals surface area contributed by atoms with Crippen LogP contribution in [0.4, 0.5) is 10.1 Å². The van der Waals surface area contributed by atoms with E-state index in [1.54, 1.807) is 30.5 Å². The summed E-state index contributed by atoms with van der Waals surface area (Å²) in [5.41, 5.74) is 0.0964. The Morgan fingerprint density at radius 1 is 1.31 bits per heavy atom. The van der Waals surface area contributed by atoms with Gasteiger partial charge in [-0.05, 0) is 54.8 Å². The first kappa shape index (κ1) is 19.5. The topological polar surface area (TPSA) is 86.3 Å². The number of fused-ring (bicyclic) bond motifs is 1. The Hall–Kier alpha value is -2.77. The number of ketones is 1. The lowest BCUT2D eigenvalue weighted by atomic mass is 9.92. The highest BCUT2D eigenvalue weighted by atomic mass is 35.5. The van der Waals surface area contributed by atoms with Crippen LogP contribution in [0.3, 0.4) is 0 Å². The standard InChI is InChI=1S/C21H19ClFN3O3/c22-15-8-13(9-16(23)11-15)2-1-3-19(27)21(29)6-7-26(20(21)28)17-4-5-18-14(10-17)12-24-25-18/h4-5,8-12,29H,1-3,6-7H2,(H,24,25)/t21-/m1/s1. The molecule has 0 unspecified atom stereocenters. The van der Waals surface area contributed by atoms with Gasteiger partial charge < -0.3 is 10.0 Å². The van der Waals surface area contributed by atoms with Crippen LogP contribution in [0.1, 0.15) is 24.8 Å². The molecule has 1 aliphatic heterocycles. The normalized spacial score (nSPS) is 19.3. The number of rotatable bonds is 6. The molecular formula is C21H19ClFN3O3. The largest absolute Gasteiger partial charge is 0.373 e. The van der Waals surface area contributed by atoms with E-state index in [0.29, 0.717) is 29.1 Å². The minimum Gasteiger partial charge on any atom is -0.373 e. The molecule has 6 nitrogen and oxygen atoms in total. The highest BCUT2D eigenvalue weighted by Crippen LogP contribution is 2.31. The first-order valence-corrected chi connectivity index (χ1v) is 9.70. The van der Waals surface area contributed by atoms with Gasteiger partial charge in [-0.3, -0.25) is 14.7 Å². The molecule has 1 aromatic heterocycles. The number of carbonyl (C=O) groups excluding carboxylic acids is 2. The fourth-order valence-corrected chi connectivity index (χ4v) is 3.97. The van der Waals surface area contributed by atoms with Gasteiger partial charge in [0.15, 0.2) is 5.78 Å². The molecule has 150 valence electrons. The van der Waals surface area contributed by atoms with E-state index in [-0.39, 0.29) is 19.4 Å². The number of H-pyrrole nitrogens is 1. The highest BCUT2D eigenvalue weighted by Gasteiger charge is 2.50. The molecule has 3 aromatic rings. The number of aliphatic hydroxyl groups is 1. The summed E-state index contributed by atoms with van der Waals surface area (Å²) in [6.45, 7) is 0.254. The zero-order valence-corrected chi connectivity index (χ0v) is 16.2. The van der Waals surface area contributed by atoms with E-state index in [1.165, 1.54) is 17.0 Å². The van der Waals surface area contributed by atoms with Gasteiger partial charge >= 0.3 is 0 Å². The van der Waals surface area contributed by atoms with Crippen molar-refractivity contribution in [1.82, 2.24) is 10.2 Å². The molecule has 2 aromatic carbocycles. The predicted octanol–water partition coefficient (Wildman–Crippen LogP) is 3.42. The van der Waals surface area contributed by atoms with E-state index < -0.39 is 23.1 Å². The van der Waals surface area contributed by atoms with Crippen molar-refractivity contribution in [2.24, 2.45) is 0 Å². The molecular weight excluding hydrogens is 397 g/mol. The van der Waals surface area contributed by atoms with Crippen LogP contribution in [0.5, 0.6) is 0 Å². The minimum absolute atomic E-state index is 0.0188. The third kappa shape index (κ3) is 3.75.